The Morgan fingerprint density at radius 2 is 2.00 bits per heavy atom. The maximum absolute atomic E-state index is 13.4. The minimum atomic E-state index is -5.06. The Bertz CT molecular complexity index is 1380. The highest BCUT2D eigenvalue weighted by Crippen LogP contribution is 2.35. The Hall–Kier alpha value is -4.18. The summed E-state index contributed by atoms with van der Waals surface area (Å²) in [6.45, 7) is -0.531. The van der Waals surface area contributed by atoms with E-state index in [0.29, 0.717) is 10.9 Å². The summed E-state index contributed by atoms with van der Waals surface area (Å²) in [5.41, 5.74) is -4.76. The van der Waals surface area contributed by atoms with Gasteiger partial charge >= 0.3 is 12.1 Å². The van der Waals surface area contributed by atoms with Crippen LogP contribution in [0, 0.1) is 11.3 Å². The average molecular weight is 468 g/mol. The zero-order valence-corrected chi connectivity index (χ0v) is 16.2. The number of aromatic amines is 1. The molecule has 0 aliphatic heterocycles. The highest BCUT2D eigenvalue weighted by Gasteiger charge is 2.38. The van der Waals surface area contributed by atoms with Crippen LogP contribution in [0.1, 0.15) is 27.3 Å². The van der Waals surface area contributed by atoms with Crippen molar-refractivity contribution in [1.29, 1.82) is 5.26 Å². The van der Waals surface area contributed by atoms with E-state index in [2.05, 4.69) is 10.1 Å². The lowest BCUT2D eigenvalue weighted by Gasteiger charge is -2.14. The maximum Gasteiger partial charge on any atom is 0.437 e. The smallest absolute Gasteiger partial charge is 0.437 e. The number of nitriles is 1. The summed E-state index contributed by atoms with van der Waals surface area (Å²) >= 11 is 5.82. The van der Waals surface area contributed by atoms with Crippen LogP contribution in [0.2, 0.25) is 5.02 Å². The normalized spacial score (nSPS) is 11.1. The second kappa shape index (κ2) is 8.52. The Kier molecular flexibility index (Phi) is 5.99. The van der Waals surface area contributed by atoms with Gasteiger partial charge in [0, 0.05) is 5.02 Å². The molecular weight excluding hydrogens is 459 g/mol. The summed E-state index contributed by atoms with van der Waals surface area (Å²) in [6.07, 6.45) is -4.49. The highest BCUT2D eigenvalue weighted by molar-refractivity contribution is 6.30. The first-order valence-electron chi connectivity index (χ1n) is 8.36. The molecule has 0 aliphatic rings. The fraction of sp³-hybridized carbons (Fsp3) is 0.111. The molecule has 0 radical (unpaired) electrons. The quantitative estimate of drug-likeness (QED) is 0.580. The molecule has 2 heterocycles. The number of benzene rings is 1. The third kappa shape index (κ3) is 4.76. The predicted molar refractivity (Wildman–Crippen MR) is 101 cm³/mol. The minimum absolute atomic E-state index is 0.0181. The molecule has 0 saturated carbocycles. The van der Waals surface area contributed by atoms with Gasteiger partial charge in [-0.05, 0) is 24.3 Å². The van der Waals surface area contributed by atoms with Crippen molar-refractivity contribution in [3.05, 3.63) is 78.8 Å². The molecule has 14 heteroatoms. The number of hydrogen-bond donors (Lipinski definition) is 2. The van der Waals surface area contributed by atoms with Gasteiger partial charge in [-0.2, -0.15) is 23.5 Å². The summed E-state index contributed by atoms with van der Waals surface area (Å²) in [5, 5.41) is 23.5. The lowest BCUT2D eigenvalue weighted by molar-refractivity contribution is -0.142. The Morgan fingerprint density at radius 3 is 2.62 bits per heavy atom. The van der Waals surface area contributed by atoms with Gasteiger partial charge in [0.15, 0.2) is 5.69 Å². The van der Waals surface area contributed by atoms with Crippen LogP contribution in [0.15, 0.2) is 40.2 Å². The molecule has 2 N–H and O–H groups in total. The number of nitrogens with one attached hydrogen (secondary N) is 1. The second-order valence-corrected chi connectivity index (χ2v) is 6.59. The summed E-state index contributed by atoms with van der Waals surface area (Å²) in [5.74, 6) is -3.08. The van der Waals surface area contributed by atoms with E-state index in [9.17, 15) is 27.6 Å². The van der Waals surface area contributed by atoms with Crippen molar-refractivity contribution in [3.63, 3.8) is 0 Å². The molecule has 1 aromatic carbocycles. The van der Waals surface area contributed by atoms with E-state index in [-0.39, 0.29) is 22.0 Å². The van der Waals surface area contributed by atoms with Gasteiger partial charge in [-0.25, -0.2) is 14.9 Å². The van der Waals surface area contributed by atoms with Crippen molar-refractivity contribution in [1.82, 2.24) is 19.7 Å². The van der Waals surface area contributed by atoms with Crippen LogP contribution < -0.4 is 15.9 Å². The number of hydrogen-bond acceptors (Lipinski definition) is 7. The molecule has 164 valence electrons. The molecule has 0 saturated heterocycles. The number of aromatic nitrogens is 4. The summed E-state index contributed by atoms with van der Waals surface area (Å²) < 4.78 is 46.0. The number of ether oxygens (including phenoxy) is 1. The van der Waals surface area contributed by atoms with Crippen LogP contribution in [0.4, 0.5) is 13.2 Å². The van der Waals surface area contributed by atoms with Gasteiger partial charge in [0.1, 0.15) is 11.3 Å². The molecule has 3 aromatic rings. The van der Waals surface area contributed by atoms with Gasteiger partial charge in [-0.3, -0.25) is 14.2 Å². The van der Waals surface area contributed by atoms with Crippen LogP contribution >= 0.6 is 11.6 Å². The maximum atomic E-state index is 13.4. The lowest BCUT2D eigenvalue weighted by atomic mass is 10.2. The van der Waals surface area contributed by atoms with E-state index in [1.807, 2.05) is 5.10 Å². The number of aromatic carboxylic acids is 1. The van der Waals surface area contributed by atoms with Crippen molar-refractivity contribution < 1.29 is 27.8 Å². The zero-order valence-electron chi connectivity index (χ0n) is 15.5. The van der Waals surface area contributed by atoms with Crippen LogP contribution in [0.3, 0.4) is 0 Å². The molecule has 0 fully saturated rings. The molecule has 3 rings (SSSR count). The number of halogens is 4. The van der Waals surface area contributed by atoms with E-state index in [4.69, 9.17) is 26.7 Å². The van der Waals surface area contributed by atoms with Gasteiger partial charge in [-0.15, -0.1) is 0 Å². The predicted octanol–water partition coefficient (Wildman–Crippen LogP) is 2.41. The summed E-state index contributed by atoms with van der Waals surface area (Å²) in [4.78, 5) is 38.5. The molecule has 0 atom stereocenters. The van der Waals surface area contributed by atoms with Crippen molar-refractivity contribution in [2.24, 2.45) is 0 Å². The minimum Gasteiger partial charge on any atom is -0.477 e. The molecule has 0 bridgehead atoms. The van der Waals surface area contributed by atoms with E-state index < -0.39 is 46.8 Å². The third-order valence-corrected chi connectivity index (χ3v) is 4.12. The van der Waals surface area contributed by atoms with Gasteiger partial charge in [-0.1, -0.05) is 11.6 Å². The second-order valence-electron chi connectivity index (χ2n) is 6.15. The number of H-pyrrole nitrogens is 1. The number of carboxylic acid groups (broad SMARTS) is 1. The number of carbonyl (C=O) groups is 1. The lowest BCUT2D eigenvalue weighted by Crippen LogP contribution is -2.28. The van der Waals surface area contributed by atoms with Crippen LogP contribution in [0.25, 0.3) is 0 Å². The topological polar surface area (TPSA) is 151 Å². The zero-order chi connectivity index (χ0) is 23.6. The Balaban J connectivity index is 2.10. The monoisotopic (exact) mass is 467 g/mol. The first-order valence-corrected chi connectivity index (χ1v) is 8.74. The largest absolute Gasteiger partial charge is 0.477 e. The van der Waals surface area contributed by atoms with Crippen LogP contribution in [-0.4, -0.2) is 30.8 Å². The van der Waals surface area contributed by atoms with Crippen molar-refractivity contribution in [3.8, 4) is 17.6 Å². The van der Waals surface area contributed by atoms with Crippen LogP contribution in [-0.2, 0) is 12.7 Å². The van der Waals surface area contributed by atoms with Gasteiger partial charge in [0.05, 0.1) is 30.2 Å². The molecule has 0 aliphatic carbocycles. The molecule has 0 unspecified atom stereocenters. The number of nitrogens with zero attached hydrogens (tertiary/aromatic N) is 4. The third-order valence-electron chi connectivity index (χ3n) is 3.90. The van der Waals surface area contributed by atoms with Crippen molar-refractivity contribution >= 4 is 17.6 Å². The summed E-state index contributed by atoms with van der Waals surface area (Å²) in [7, 11) is 0. The number of carboxylic acids is 1. The summed E-state index contributed by atoms with van der Waals surface area (Å²) in [6, 6.07) is 6.02. The fourth-order valence-corrected chi connectivity index (χ4v) is 2.77. The van der Waals surface area contributed by atoms with Crippen molar-refractivity contribution in [2.45, 2.75) is 12.7 Å². The first-order chi connectivity index (χ1) is 15.0. The molecule has 0 amide bonds. The molecule has 2 aromatic heterocycles. The van der Waals surface area contributed by atoms with Crippen molar-refractivity contribution in [2.75, 3.05) is 0 Å². The SMILES string of the molecule is N#Cc1cc(Cl)cc(Oc2c(C(F)(F)F)ncn(Cc3cc(C(=O)O)c(=O)[nH]n3)c2=O)c1. The van der Waals surface area contributed by atoms with Gasteiger partial charge < -0.3 is 9.84 Å². The molecule has 10 nitrogen and oxygen atoms in total. The average Bonchev–Trinajstić information content (AvgIpc) is 2.70. The number of rotatable bonds is 5. The van der Waals surface area contributed by atoms with E-state index in [0.717, 1.165) is 18.2 Å². The standard InChI is InChI=1S/C18H9ClF3N5O5/c19-9-1-8(5-23)2-11(3-9)32-13-14(18(20,21)22)24-7-27(16(13)29)6-10-4-12(17(30)31)15(28)26-25-10/h1-4,7H,6H2,(H,26,28)(H,30,31). The van der Waals surface area contributed by atoms with E-state index in [1.54, 1.807) is 6.07 Å². The molecule has 0 spiro atoms. The van der Waals surface area contributed by atoms with Crippen LogP contribution in [0.5, 0.6) is 11.5 Å². The molecular formula is C18H9ClF3N5O5. The van der Waals surface area contributed by atoms with Gasteiger partial charge in [0.25, 0.3) is 11.1 Å². The van der Waals surface area contributed by atoms with E-state index in [1.165, 1.54) is 6.07 Å². The Morgan fingerprint density at radius 1 is 1.28 bits per heavy atom. The number of alkyl halides is 3. The van der Waals surface area contributed by atoms with E-state index >= 15 is 0 Å². The fourth-order valence-electron chi connectivity index (χ4n) is 2.54. The molecule has 32 heavy (non-hydrogen) atoms. The first kappa shape index (κ1) is 22.5. The Labute approximate surface area is 180 Å². The highest BCUT2D eigenvalue weighted by atomic mass is 35.5. The van der Waals surface area contributed by atoms with Gasteiger partial charge in [0.2, 0.25) is 5.75 Å².